The van der Waals surface area contributed by atoms with Crippen LogP contribution in [-0.4, -0.2) is 25.7 Å². The van der Waals surface area contributed by atoms with Crippen molar-refractivity contribution in [1.29, 1.82) is 0 Å². The van der Waals surface area contributed by atoms with Crippen LogP contribution in [-0.2, 0) is 4.79 Å². The topological polar surface area (TPSA) is 47.6 Å². The highest BCUT2D eigenvalue weighted by atomic mass is 16.5. The van der Waals surface area contributed by atoms with E-state index < -0.39 is 0 Å². The molecule has 0 fully saturated rings. The molecule has 1 rings (SSSR count). The highest BCUT2D eigenvalue weighted by molar-refractivity contribution is 5.92. The van der Waals surface area contributed by atoms with Gasteiger partial charge in [-0.15, -0.1) is 0 Å². The van der Waals surface area contributed by atoms with E-state index in [2.05, 4.69) is 25.7 Å². The highest BCUT2D eigenvalue weighted by Crippen LogP contribution is 2.28. The predicted molar refractivity (Wildman–Crippen MR) is 90.2 cm³/mol. The molecule has 0 heterocycles. The Balaban J connectivity index is 2.74. The van der Waals surface area contributed by atoms with E-state index in [0.717, 1.165) is 5.56 Å². The first-order valence-corrected chi connectivity index (χ1v) is 7.38. The molecule has 0 aromatic heterocycles. The molecule has 0 aliphatic heterocycles. The van der Waals surface area contributed by atoms with Crippen molar-refractivity contribution in [2.75, 3.05) is 13.7 Å². The van der Waals surface area contributed by atoms with Crippen LogP contribution in [0.3, 0.4) is 0 Å². The van der Waals surface area contributed by atoms with Gasteiger partial charge in [0.25, 0.3) is 0 Å². The van der Waals surface area contributed by atoms with Crippen molar-refractivity contribution in [3.8, 4) is 11.5 Å². The highest BCUT2D eigenvalue weighted by Gasteiger charge is 2.08. The number of carbonyl (C=O) groups excluding carboxylic acids is 1. The summed E-state index contributed by atoms with van der Waals surface area (Å²) in [7, 11) is 1.58. The van der Waals surface area contributed by atoms with E-state index >= 15 is 0 Å². The Morgan fingerprint density at radius 1 is 1.32 bits per heavy atom. The van der Waals surface area contributed by atoms with Gasteiger partial charge in [0.05, 0.1) is 7.11 Å². The molecule has 120 valence electrons. The minimum Gasteiger partial charge on any atom is -0.493 e. The summed E-state index contributed by atoms with van der Waals surface area (Å²) in [5.74, 6) is 1.57. The lowest BCUT2D eigenvalue weighted by Crippen LogP contribution is -2.34. The average molecular weight is 303 g/mol. The van der Waals surface area contributed by atoms with Crippen LogP contribution in [0.1, 0.15) is 26.3 Å². The van der Waals surface area contributed by atoms with Crippen LogP contribution < -0.4 is 14.8 Å². The fraction of sp³-hybridized carbons (Fsp3) is 0.389. The number of nitrogens with one attached hydrogen (secondary N) is 1. The maximum Gasteiger partial charge on any atom is 0.244 e. The van der Waals surface area contributed by atoms with Crippen molar-refractivity contribution in [3.05, 3.63) is 42.5 Å². The summed E-state index contributed by atoms with van der Waals surface area (Å²) < 4.78 is 10.8. The monoisotopic (exact) mass is 303 g/mol. The third-order valence-electron chi connectivity index (χ3n) is 3.34. The number of carbonyl (C=O) groups is 1. The Bertz CT molecular complexity index is 535. The molecule has 0 saturated heterocycles. The SMILES string of the molecule is C=CCOc1ccc(/C=C/C(=O)NC(C)C(C)C)cc1OC. The Morgan fingerprint density at radius 3 is 2.64 bits per heavy atom. The number of methoxy groups -OCH3 is 1. The van der Waals surface area contributed by atoms with Gasteiger partial charge in [0.15, 0.2) is 11.5 Å². The minimum atomic E-state index is -0.104. The molecule has 0 radical (unpaired) electrons. The van der Waals surface area contributed by atoms with Gasteiger partial charge in [-0.25, -0.2) is 0 Å². The molecule has 0 bridgehead atoms. The summed E-state index contributed by atoms with van der Waals surface area (Å²) >= 11 is 0. The summed E-state index contributed by atoms with van der Waals surface area (Å²) in [6, 6.07) is 5.66. The maximum absolute atomic E-state index is 11.8. The van der Waals surface area contributed by atoms with Crippen LogP contribution >= 0.6 is 0 Å². The normalized spacial score (nSPS) is 12.2. The van der Waals surface area contributed by atoms with Crippen molar-refractivity contribution in [2.24, 2.45) is 5.92 Å². The number of amides is 1. The van der Waals surface area contributed by atoms with E-state index in [1.807, 2.05) is 25.1 Å². The van der Waals surface area contributed by atoms with E-state index in [4.69, 9.17) is 9.47 Å². The first kappa shape index (κ1) is 17.8. The van der Waals surface area contributed by atoms with E-state index in [1.54, 1.807) is 19.3 Å². The molecule has 22 heavy (non-hydrogen) atoms. The molecule has 0 aliphatic rings. The van der Waals surface area contributed by atoms with E-state index in [-0.39, 0.29) is 11.9 Å². The van der Waals surface area contributed by atoms with Crippen molar-refractivity contribution in [2.45, 2.75) is 26.8 Å². The summed E-state index contributed by atoms with van der Waals surface area (Å²) in [4.78, 5) is 11.8. The largest absolute Gasteiger partial charge is 0.493 e. The fourth-order valence-corrected chi connectivity index (χ4v) is 1.67. The predicted octanol–water partition coefficient (Wildman–Crippen LogP) is 3.43. The zero-order chi connectivity index (χ0) is 16.5. The van der Waals surface area contributed by atoms with Crippen LogP contribution in [0.5, 0.6) is 11.5 Å². The van der Waals surface area contributed by atoms with Gasteiger partial charge in [0.1, 0.15) is 6.61 Å². The molecule has 1 unspecified atom stereocenters. The molecular weight excluding hydrogens is 278 g/mol. The third-order valence-corrected chi connectivity index (χ3v) is 3.34. The summed E-state index contributed by atoms with van der Waals surface area (Å²) in [6.45, 7) is 10.2. The Labute approximate surface area is 132 Å². The van der Waals surface area contributed by atoms with Gasteiger partial charge in [-0.3, -0.25) is 4.79 Å². The van der Waals surface area contributed by atoms with Gasteiger partial charge in [0.2, 0.25) is 5.91 Å². The quantitative estimate of drug-likeness (QED) is 0.591. The van der Waals surface area contributed by atoms with Gasteiger partial charge >= 0.3 is 0 Å². The second kappa shape index (κ2) is 8.93. The number of rotatable bonds is 8. The fourth-order valence-electron chi connectivity index (χ4n) is 1.67. The van der Waals surface area contributed by atoms with Crippen LogP contribution in [0.15, 0.2) is 36.9 Å². The maximum atomic E-state index is 11.8. The second-order valence-electron chi connectivity index (χ2n) is 5.38. The van der Waals surface area contributed by atoms with Crippen LogP contribution in [0.25, 0.3) is 6.08 Å². The van der Waals surface area contributed by atoms with Gasteiger partial charge in [-0.2, -0.15) is 0 Å². The number of hydrogen-bond acceptors (Lipinski definition) is 3. The van der Waals surface area contributed by atoms with Gasteiger partial charge in [-0.1, -0.05) is 32.6 Å². The van der Waals surface area contributed by atoms with E-state index in [0.29, 0.717) is 24.0 Å². The Morgan fingerprint density at radius 2 is 2.05 bits per heavy atom. The first-order chi connectivity index (χ1) is 10.5. The van der Waals surface area contributed by atoms with Crippen molar-refractivity contribution in [1.82, 2.24) is 5.32 Å². The minimum absolute atomic E-state index is 0.104. The lowest BCUT2D eigenvalue weighted by molar-refractivity contribution is -0.117. The van der Waals surface area contributed by atoms with Crippen molar-refractivity contribution in [3.63, 3.8) is 0 Å². The lowest BCUT2D eigenvalue weighted by Gasteiger charge is -2.15. The molecule has 0 saturated carbocycles. The number of hydrogen-bond donors (Lipinski definition) is 1. The molecule has 0 spiro atoms. The molecule has 1 aromatic carbocycles. The molecule has 4 nitrogen and oxygen atoms in total. The second-order valence-corrected chi connectivity index (χ2v) is 5.38. The smallest absolute Gasteiger partial charge is 0.244 e. The third kappa shape index (κ3) is 5.64. The van der Waals surface area contributed by atoms with E-state index in [1.165, 1.54) is 6.08 Å². The van der Waals surface area contributed by atoms with Gasteiger partial charge in [-0.05, 0) is 36.6 Å². The molecule has 0 aliphatic carbocycles. The van der Waals surface area contributed by atoms with Crippen molar-refractivity contribution >= 4 is 12.0 Å². The summed E-state index contributed by atoms with van der Waals surface area (Å²) in [5.41, 5.74) is 0.871. The zero-order valence-electron chi connectivity index (χ0n) is 13.8. The van der Waals surface area contributed by atoms with Gasteiger partial charge < -0.3 is 14.8 Å². The molecule has 1 aromatic rings. The zero-order valence-corrected chi connectivity index (χ0v) is 13.8. The van der Waals surface area contributed by atoms with Crippen LogP contribution in [0.4, 0.5) is 0 Å². The Kier molecular flexibility index (Phi) is 7.23. The summed E-state index contributed by atoms with van der Waals surface area (Å²) in [6.07, 6.45) is 4.95. The van der Waals surface area contributed by atoms with Crippen LogP contribution in [0.2, 0.25) is 0 Å². The van der Waals surface area contributed by atoms with E-state index in [9.17, 15) is 4.79 Å². The molecule has 4 heteroatoms. The molecular formula is C18H25NO3. The number of ether oxygens (including phenoxy) is 2. The Hall–Kier alpha value is -2.23. The first-order valence-electron chi connectivity index (χ1n) is 7.38. The van der Waals surface area contributed by atoms with Gasteiger partial charge in [0, 0.05) is 12.1 Å². The van der Waals surface area contributed by atoms with Crippen molar-refractivity contribution < 1.29 is 14.3 Å². The molecule has 1 amide bonds. The van der Waals surface area contributed by atoms with Crippen LogP contribution in [0, 0.1) is 5.92 Å². The number of benzene rings is 1. The standard InChI is InChI=1S/C18H25NO3/c1-6-11-22-16-9-7-15(12-17(16)21-5)8-10-18(20)19-14(4)13(2)3/h6-10,12-14H,1,11H2,2-5H3,(H,19,20)/b10-8+. The summed E-state index contributed by atoms with van der Waals surface area (Å²) in [5, 5.41) is 2.92. The molecule has 1 N–H and O–H groups in total. The lowest BCUT2D eigenvalue weighted by atomic mass is 10.1. The average Bonchev–Trinajstić information content (AvgIpc) is 2.50. The molecule has 1 atom stereocenters.